The second-order valence-corrected chi connectivity index (χ2v) is 5.49. The molecule has 0 radical (unpaired) electrons. The molecule has 1 heterocycles. The molecule has 8 heteroatoms. The van der Waals surface area contributed by atoms with Crippen LogP contribution in [0.1, 0.15) is 32.3 Å². The number of carbonyl (C=O) groups is 1. The SMILES string of the molecule is CCCCn1c(O)c(C=Nc2ccc(NC(C)=O)cc2)c(=O)[nH]c1=O. The van der Waals surface area contributed by atoms with Crippen LogP contribution in [-0.2, 0) is 11.3 Å². The first-order valence-corrected chi connectivity index (χ1v) is 7.90. The van der Waals surface area contributed by atoms with Crippen molar-refractivity contribution in [2.75, 3.05) is 5.32 Å². The number of carbonyl (C=O) groups excluding carboxylic acids is 1. The summed E-state index contributed by atoms with van der Waals surface area (Å²) in [5.41, 5.74) is -0.275. The Hall–Kier alpha value is -3.16. The second kappa shape index (κ2) is 8.09. The minimum atomic E-state index is -0.700. The van der Waals surface area contributed by atoms with E-state index in [9.17, 15) is 19.5 Å². The third kappa shape index (κ3) is 4.66. The van der Waals surface area contributed by atoms with Crippen molar-refractivity contribution in [2.45, 2.75) is 33.2 Å². The van der Waals surface area contributed by atoms with Crippen molar-refractivity contribution in [2.24, 2.45) is 4.99 Å². The third-order valence-corrected chi connectivity index (χ3v) is 3.47. The van der Waals surface area contributed by atoms with Gasteiger partial charge in [0.1, 0.15) is 5.56 Å². The van der Waals surface area contributed by atoms with Crippen LogP contribution in [0.4, 0.5) is 11.4 Å². The van der Waals surface area contributed by atoms with E-state index in [2.05, 4.69) is 15.3 Å². The van der Waals surface area contributed by atoms with Gasteiger partial charge in [-0.05, 0) is 30.7 Å². The van der Waals surface area contributed by atoms with Gasteiger partial charge in [0.15, 0.2) is 0 Å². The van der Waals surface area contributed by atoms with Crippen LogP contribution in [-0.4, -0.2) is 26.8 Å². The molecule has 1 aromatic carbocycles. The topological polar surface area (TPSA) is 117 Å². The van der Waals surface area contributed by atoms with Crippen LogP contribution in [0.25, 0.3) is 0 Å². The quantitative estimate of drug-likeness (QED) is 0.692. The molecule has 25 heavy (non-hydrogen) atoms. The van der Waals surface area contributed by atoms with E-state index in [0.717, 1.165) is 11.0 Å². The number of aromatic nitrogens is 2. The fraction of sp³-hybridized carbons (Fsp3) is 0.294. The maximum absolute atomic E-state index is 11.9. The summed E-state index contributed by atoms with van der Waals surface area (Å²) < 4.78 is 1.12. The second-order valence-electron chi connectivity index (χ2n) is 5.49. The van der Waals surface area contributed by atoms with Crippen LogP contribution in [0.5, 0.6) is 5.88 Å². The Morgan fingerprint density at radius 3 is 2.60 bits per heavy atom. The van der Waals surface area contributed by atoms with Crippen molar-refractivity contribution in [1.29, 1.82) is 0 Å². The molecule has 0 aliphatic rings. The number of amides is 1. The van der Waals surface area contributed by atoms with Crippen molar-refractivity contribution in [3.8, 4) is 5.88 Å². The van der Waals surface area contributed by atoms with Crippen molar-refractivity contribution in [3.05, 3.63) is 50.7 Å². The number of nitrogens with zero attached hydrogens (tertiary/aromatic N) is 2. The Balaban J connectivity index is 2.30. The third-order valence-electron chi connectivity index (χ3n) is 3.47. The lowest BCUT2D eigenvalue weighted by atomic mass is 10.2. The van der Waals surface area contributed by atoms with Gasteiger partial charge in [-0.3, -0.25) is 24.1 Å². The number of H-pyrrole nitrogens is 1. The standard InChI is InChI=1S/C17H20N4O4/c1-3-4-9-21-16(24)14(15(23)20-17(21)25)10-18-12-5-7-13(8-6-12)19-11(2)22/h5-8,10,24H,3-4,9H2,1-2H3,(H,19,22)(H,20,23,25). The summed E-state index contributed by atoms with van der Waals surface area (Å²) in [4.78, 5) is 41.0. The maximum Gasteiger partial charge on any atom is 0.331 e. The molecule has 0 bridgehead atoms. The first-order valence-electron chi connectivity index (χ1n) is 7.90. The van der Waals surface area contributed by atoms with Gasteiger partial charge >= 0.3 is 5.69 Å². The normalized spacial score (nSPS) is 11.0. The van der Waals surface area contributed by atoms with Crippen LogP contribution < -0.4 is 16.6 Å². The molecule has 3 N–H and O–H groups in total. The van der Waals surface area contributed by atoms with Gasteiger partial charge in [0, 0.05) is 25.4 Å². The summed E-state index contributed by atoms with van der Waals surface area (Å²) in [6.45, 7) is 3.68. The fourth-order valence-corrected chi connectivity index (χ4v) is 2.19. The van der Waals surface area contributed by atoms with Crippen LogP contribution >= 0.6 is 0 Å². The summed E-state index contributed by atoms with van der Waals surface area (Å²) in [7, 11) is 0. The Kier molecular flexibility index (Phi) is 5.89. The highest BCUT2D eigenvalue weighted by molar-refractivity contribution is 5.89. The highest BCUT2D eigenvalue weighted by atomic mass is 16.3. The van der Waals surface area contributed by atoms with Crippen LogP contribution in [0.3, 0.4) is 0 Å². The van der Waals surface area contributed by atoms with E-state index in [1.807, 2.05) is 6.92 Å². The number of unbranched alkanes of at least 4 members (excludes halogenated alkanes) is 1. The van der Waals surface area contributed by atoms with E-state index in [0.29, 0.717) is 24.3 Å². The van der Waals surface area contributed by atoms with Gasteiger partial charge < -0.3 is 10.4 Å². The highest BCUT2D eigenvalue weighted by Crippen LogP contribution is 2.17. The summed E-state index contributed by atoms with van der Waals surface area (Å²) >= 11 is 0. The lowest BCUT2D eigenvalue weighted by Gasteiger charge is -2.08. The van der Waals surface area contributed by atoms with Gasteiger partial charge in [-0.2, -0.15) is 0 Å². The zero-order valence-electron chi connectivity index (χ0n) is 14.1. The number of nitrogens with one attached hydrogen (secondary N) is 2. The summed E-state index contributed by atoms with van der Waals surface area (Å²) in [6, 6.07) is 6.64. The Labute approximate surface area is 143 Å². The molecule has 8 nitrogen and oxygen atoms in total. The molecule has 1 aromatic heterocycles. The molecule has 0 saturated carbocycles. The molecule has 0 fully saturated rings. The monoisotopic (exact) mass is 344 g/mol. The van der Waals surface area contributed by atoms with Crippen LogP contribution in [0.15, 0.2) is 38.8 Å². The van der Waals surface area contributed by atoms with Gasteiger partial charge in [0.25, 0.3) is 5.56 Å². The molecule has 2 rings (SSSR count). The van der Waals surface area contributed by atoms with Crippen LogP contribution in [0, 0.1) is 0 Å². The molecule has 2 aromatic rings. The van der Waals surface area contributed by atoms with Crippen molar-refractivity contribution < 1.29 is 9.90 Å². The van der Waals surface area contributed by atoms with Crippen molar-refractivity contribution in [3.63, 3.8) is 0 Å². The lowest BCUT2D eigenvalue weighted by molar-refractivity contribution is -0.114. The van der Waals surface area contributed by atoms with E-state index >= 15 is 0 Å². The van der Waals surface area contributed by atoms with Gasteiger partial charge in [0.2, 0.25) is 11.8 Å². The Morgan fingerprint density at radius 1 is 1.32 bits per heavy atom. The minimum absolute atomic E-state index is 0.0818. The Bertz CT molecular complexity index is 894. The number of aromatic hydroxyl groups is 1. The molecule has 0 aliphatic heterocycles. The molecular formula is C17H20N4O4. The maximum atomic E-state index is 11.9. The smallest absolute Gasteiger partial charge is 0.331 e. The van der Waals surface area contributed by atoms with E-state index in [4.69, 9.17) is 0 Å². The highest BCUT2D eigenvalue weighted by Gasteiger charge is 2.12. The summed E-state index contributed by atoms with van der Waals surface area (Å²) in [5.74, 6) is -0.581. The average molecular weight is 344 g/mol. The van der Waals surface area contributed by atoms with Gasteiger partial charge in [0.05, 0.1) is 5.69 Å². The first kappa shape index (κ1) is 18.2. The van der Waals surface area contributed by atoms with Gasteiger partial charge in [-0.15, -0.1) is 0 Å². The number of anilines is 1. The van der Waals surface area contributed by atoms with E-state index in [-0.39, 0.29) is 11.5 Å². The van der Waals surface area contributed by atoms with Gasteiger partial charge in [-0.1, -0.05) is 13.3 Å². The predicted molar refractivity (Wildman–Crippen MR) is 95.9 cm³/mol. The van der Waals surface area contributed by atoms with Crippen molar-refractivity contribution >= 4 is 23.5 Å². The number of aliphatic imine (C=N–C) groups is 1. The molecular weight excluding hydrogens is 324 g/mol. The zero-order chi connectivity index (χ0) is 18.4. The van der Waals surface area contributed by atoms with E-state index in [1.54, 1.807) is 24.3 Å². The summed E-state index contributed by atoms with van der Waals surface area (Å²) in [5, 5.41) is 12.8. The van der Waals surface area contributed by atoms with E-state index < -0.39 is 17.1 Å². The average Bonchev–Trinajstić information content (AvgIpc) is 2.55. The number of rotatable bonds is 6. The molecule has 132 valence electrons. The first-order chi connectivity index (χ1) is 11.9. The minimum Gasteiger partial charge on any atom is -0.494 e. The largest absolute Gasteiger partial charge is 0.494 e. The predicted octanol–water partition coefficient (Wildman–Crippen LogP) is 1.75. The number of aromatic amines is 1. The fourth-order valence-electron chi connectivity index (χ4n) is 2.19. The molecule has 0 aliphatic carbocycles. The zero-order valence-corrected chi connectivity index (χ0v) is 14.1. The van der Waals surface area contributed by atoms with E-state index in [1.165, 1.54) is 13.1 Å². The van der Waals surface area contributed by atoms with Crippen LogP contribution in [0.2, 0.25) is 0 Å². The molecule has 0 saturated heterocycles. The number of benzene rings is 1. The molecule has 0 atom stereocenters. The molecule has 0 spiro atoms. The number of hydrogen-bond acceptors (Lipinski definition) is 5. The van der Waals surface area contributed by atoms with Crippen molar-refractivity contribution in [1.82, 2.24) is 9.55 Å². The lowest BCUT2D eigenvalue weighted by Crippen LogP contribution is -2.32. The Morgan fingerprint density at radius 2 is 2.00 bits per heavy atom. The number of hydrogen-bond donors (Lipinski definition) is 3. The molecule has 1 amide bonds. The molecule has 0 unspecified atom stereocenters. The summed E-state index contributed by atoms with van der Waals surface area (Å²) in [6.07, 6.45) is 2.75. The van der Waals surface area contributed by atoms with Gasteiger partial charge in [-0.25, -0.2) is 4.79 Å².